The van der Waals surface area contributed by atoms with Gasteiger partial charge in [-0.15, -0.1) is 0 Å². The van der Waals surface area contributed by atoms with E-state index in [1.54, 1.807) is 12.1 Å². The van der Waals surface area contributed by atoms with Crippen LogP contribution >= 0.6 is 0 Å². The van der Waals surface area contributed by atoms with Crippen LogP contribution in [0.25, 0.3) is 11.1 Å². The first kappa shape index (κ1) is 12.0. The Bertz CT molecular complexity index is 579. The van der Waals surface area contributed by atoms with Crippen LogP contribution in [0.15, 0.2) is 42.5 Å². The summed E-state index contributed by atoms with van der Waals surface area (Å²) in [5.41, 5.74) is 7.71. The van der Waals surface area contributed by atoms with E-state index in [-0.39, 0.29) is 17.0 Å². The van der Waals surface area contributed by atoms with E-state index in [4.69, 9.17) is 10.5 Å². The third-order valence-electron chi connectivity index (χ3n) is 2.73. The second kappa shape index (κ2) is 4.79. The lowest BCUT2D eigenvalue weighted by atomic mass is 9.99. The van der Waals surface area contributed by atoms with Crippen molar-refractivity contribution in [3.05, 3.63) is 48.0 Å². The smallest absolute Gasteiger partial charge is 0.341 e. The van der Waals surface area contributed by atoms with Gasteiger partial charge in [0, 0.05) is 5.56 Å². The lowest BCUT2D eigenvalue weighted by Crippen LogP contribution is -2.06. The summed E-state index contributed by atoms with van der Waals surface area (Å²) in [7, 11) is 1.42. The van der Waals surface area contributed by atoms with E-state index in [1.807, 2.05) is 30.3 Å². The number of rotatable bonds is 3. The molecule has 0 saturated heterocycles. The Morgan fingerprint density at radius 3 is 2.39 bits per heavy atom. The molecule has 0 aromatic heterocycles. The van der Waals surface area contributed by atoms with Crippen molar-refractivity contribution in [2.24, 2.45) is 0 Å². The molecule has 0 bridgehead atoms. The molecule has 3 N–H and O–H groups in total. The second-order valence-electron chi connectivity index (χ2n) is 3.78. The van der Waals surface area contributed by atoms with E-state index in [1.165, 1.54) is 7.11 Å². The lowest BCUT2D eigenvalue weighted by molar-refractivity contribution is 0.0694. The molecule has 0 aliphatic rings. The predicted octanol–water partition coefficient (Wildman–Crippen LogP) is 2.64. The summed E-state index contributed by atoms with van der Waals surface area (Å²) < 4.78 is 5.02. The number of hydrogen-bond donors (Lipinski definition) is 2. The summed E-state index contributed by atoms with van der Waals surface area (Å²) in [6.45, 7) is 0. The van der Waals surface area contributed by atoms with Gasteiger partial charge >= 0.3 is 5.97 Å². The van der Waals surface area contributed by atoms with Gasteiger partial charge in [-0.05, 0) is 17.7 Å². The molecule has 18 heavy (non-hydrogen) atoms. The molecule has 2 aromatic carbocycles. The van der Waals surface area contributed by atoms with Crippen molar-refractivity contribution in [1.82, 2.24) is 0 Å². The van der Waals surface area contributed by atoms with E-state index in [0.717, 1.165) is 5.56 Å². The molecule has 0 fully saturated rings. The van der Waals surface area contributed by atoms with E-state index >= 15 is 0 Å². The van der Waals surface area contributed by atoms with Crippen LogP contribution < -0.4 is 10.5 Å². The Hall–Kier alpha value is -2.49. The van der Waals surface area contributed by atoms with Crippen molar-refractivity contribution in [1.29, 1.82) is 0 Å². The molecule has 4 heteroatoms. The van der Waals surface area contributed by atoms with Crippen LogP contribution in [-0.2, 0) is 0 Å². The van der Waals surface area contributed by atoms with Gasteiger partial charge in [0.05, 0.1) is 12.8 Å². The maximum atomic E-state index is 11.2. The average Bonchev–Trinajstić information content (AvgIpc) is 2.38. The standard InChI is InChI=1S/C14H13NO3/c1-18-11-8-7-10(9-5-3-2-4-6-9)13(15)12(11)14(16)17/h2-8H,15H2,1H3,(H,16,17). The Balaban J connectivity index is 2.65. The highest BCUT2D eigenvalue weighted by Crippen LogP contribution is 2.34. The topological polar surface area (TPSA) is 72.5 Å². The molecule has 0 saturated carbocycles. The summed E-state index contributed by atoms with van der Waals surface area (Å²) in [6, 6.07) is 12.8. The monoisotopic (exact) mass is 243 g/mol. The molecule has 0 heterocycles. The minimum Gasteiger partial charge on any atom is -0.496 e. The summed E-state index contributed by atoms with van der Waals surface area (Å²) in [4.78, 5) is 11.2. The van der Waals surface area contributed by atoms with Gasteiger partial charge in [0.1, 0.15) is 11.3 Å². The van der Waals surface area contributed by atoms with E-state index in [9.17, 15) is 9.90 Å². The number of nitrogens with two attached hydrogens (primary N) is 1. The molecule has 0 amide bonds. The fourth-order valence-corrected chi connectivity index (χ4v) is 1.86. The quantitative estimate of drug-likeness (QED) is 0.813. The lowest BCUT2D eigenvalue weighted by Gasteiger charge is -2.12. The molecular weight excluding hydrogens is 230 g/mol. The first-order valence-corrected chi connectivity index (χ1v) is 5.40. The molecule has 2 rings (SSSR count). The molecule has 4 nitrogen and oxygen atoms in total. The van der Waals surface area contributed by atoms with Crippen LogP contribution in [0.5, 0.6) is 5.75 Å². The van der Waals surface area contributed by atoms with Crippen LogP contribution in [0.2, 0.25) is 0 Å². The fourth-order valence-electron chi connectivity index (χ4n) is 1.86. The zero-order valence-corrected chi connectivity index (χ0v) is 9.88. The number of carboxylic acids is 1. The van der Waals surface area contributed by atoms with Gasteiger partial charge in [-0.1, -0.05) is 30.3 Å². The molecule has 0 aliphatic carbocycles. The number of carbonyl (C=O) groups is 1. The van der Waals surface area contributed by atoms with Crippen molar-refractivity contribution in [3.8, 4) is 16.9 Å². The SMILES string of the molecule is COc1ccc(-c2ccccc2)c(N)c1C(=O)O. The Morgan fingerprint density at radius 2 is 1.83 bits per heavy atom. The summed E-state index contributed by atoms with van der Waals surface area (Å²) in [5.74, 6) is -0.832. The number of nitrogen functional groups attached to an aromatic ring is 1. The average molecular weight is 243 g/mol. The Labute approximate surface area is 105 Å². The van der Waals surface area contributed by atoms with Gasteiger partial charge < -0.3 is 15.6 Å². The highest BCUT2D eigenvalue weighted by Gasteiger charge is 2.18. The third kappa shape index (κ3) is 2.00. The normalized spacial score (nSPS) is 10.1. The van der Waals surface area contributed by atoms with Gasteiger partial charge in [-0.25, -0.2) is 4.79 Å². The highest BCUT2D eigenvalue weighted by molar-refractivity contribution is 6.01. The van der Waals surface area contributed by atoms with Crippen molar-refractivity contribution in [3.63, 3.8) is 0 Å². The zero-order chi connectivity index (χ0) is 13.1. The number of benzene rings is 2. The third-order valence-corrected chi connectivity index (χ3v) is 2.73. The van der Waals surface area contributed by atoms with E-state index in [2.05, 4.69) is 0 Å². The van der Waals surface area contributed by atoms with Crippen molar-refractivity contribution in [2.75, 3.05) is 12.8 Å². The van der Waals surface area contributed by atoms with Gasteiger partial charge in [0.25, 0.3) is 0 Å². The zero-order valence-electron chi connectivity index (χ0n) is 9.88. The van der Waals surface area contributed by atoms with Gasteiger partial charge in [0.2, 0.25) is 0 Å². The number of anilines is 1. The molecule has 92 valence electrons. The van der Waals surface area contributed by atoms with Crippen molar-refractivity contribution < 1.29 is 14.6 Å². The molecule has 0 radical (unpaired) electrons. The molecule has 2 aromatic rings. The van der Waals surface area contributed by atoms with Crippen molar-refractivity contribution in [2.45, 2.75) is 0 Å². The van der Waals surface area contributed by atoms with Crippen LogP contribution in [0.4, 0.5) is 5.69 Å². The fraction of sp³-hybridized carbons (Fsp3) is 0.0714. The maximum Gasteiger partial charge on any atom is 0.341 e. The first-order chi connectivity index (χ1) is 8.65. The molecular formula is C14H13NO3. The minimum absolute atomic E-state index is 0.00106. The second-order valence-corrected chi connectivity index (χ2v) is 3.78. The predicted molar refractivity (Wildman–Crippen MR) is 69.8 cm³/mol. The summed E-state index contributed by atoms with van der Waals surface area (Å²) >= 11 is 0. The summed E-state index contributed by atoms with van der Waals surface area (Å²) in [5, 5.41) is 9.19. The minimum atomic E-state index is -1.10. The Kier molecular flexibility index (Phi) is 3.19. The van der Waals surface area contributed by atoms with E-state index < -0.39 is 5.97 Å². The van der Waals surface area contributed by atoms with Crippen LogP contribution in [0.3, 0.4) is 0 Å². The van der Waals surface area contributed by atoms with Gasteiger partial charge in [-0.3, -0.25) is 0 Å². The number of hydrogen-bond acceptors (Lipinski definition) is 3. The largest absolute Gasteiger partial charge is 0.496 e. The highest BCUT2D eigenvalue weighted by atomic mass is 16.5. The number of aromatic carboxylic acids is 1. The molecule has 0 aliphatic heterocycles. The van der Waals surface area contributed by atoms with Crippen LogP contribution in [-0.4, -0.2) is 18.2 Å². The van der Waals surface area contributed by atoms with Crippen molar-refractivity contribution >= 4 is 11.7 Å². The first-order valence-electron chi connectivity index (χ1n) is 5.40. The molecule has 0 spiro atoms. The number of carboxylic acid groups (broad SMARTS) is 1. The summed E-state index contributed by atoms with van der Waals surface area (Å²) in [6.07, 6.45) is 0. The number of ether oxygens (including phenoxy) is 1. The van der Waals surface area contributed by atoms with Gasteiger partial charge in [0.15, 0.2) is 0 Å². The molecule has 0 atom stereocenters. The van der Waals surface area contributed by atoms with Gasteiger partial charge in [-0.2, -0.15) is 0 Å². The molecule has 0 unspecified atom stereocenters. The van der Waals surface area contributed by atoms with Crippen LogP contribution in [0, 0.1) is 0 Å². The maximum absolute atomic E-state index is 11.2. The Morgan fingerprint density at radius 1 is 1.17 bits per heavy atom. The van der Waals surface area contributed by atoms with Crippen LogP contribution in [0.1, 0.15) is 10.4 Å². The van der Waals surface area contributed by atoms with E-state index in [0.29, 0.717) is 5.56 Å². The number of methoxy groups -OCH3 is 1.